The van der Waals surface area contributed by atoms with Gasteiger partial charge in [0.15, 0.2) is 5.82 Å². The number of hydrogen-bond donors (Lipinski definition) is 0. The van der Waals surface area contributed by atoms with Crippen LogP contribution in [0.4, 0.5) is 5.82 Å². The Balaban J connectivity index is 2.53. The van der Waals surface area contributed by atoms with Crippen molar-refractivity contribution in [2.45, 2.75) is 26.2 Å². The molecule has 0 unspecified atom stereocenters. The molecule has 12 heavy (non-hydrogen) atoms. The summed E-state index contributed by atoms with van der Waals surface area (Å²) in [4.78, 5) is 8.50. The van der Waals surface area contributed by atoms with Crippen molar-refractivity contribution in [3.05, 3.63) is 23.4 Å². The lowest BCUT2D eigenvalue weighted by Crippen LogP contribution is -2.00. The molecule has 0 fully saturated rings. The van der Waals surface area contributed by atoms with Crippen molar-refractivity contribution in [3.8, 4) is 0 Å². The first-order valence-corrected chi connectivity index (χ1v) is 4.41. The van der Waals surface area contributed by atoms with Crippen LogP contribution in [0.25, 0.3) is 0 Å². The maximum Gasteiger partial charge on any atom is 0.154 e. The van der Waals surface area contributed by atoms with Crippen LogP contribution >= 0.6 is 0 Å². The average molecular weight is 160 g/mol. The van der Waals surface area contributed by atoms with Crippen molar-refractivity contribution in [2.24, 2.45) is 4.99 Å². The third kappa shape index (κ3) is 1.13. The van der Waals surface area contributed by atoms with E-state index >= 15 is 0 Å². The van der Waals surface area contributed by atoms with Crippen molar-refractivity contribution in [2.75, 3.05) is 0 Å². The van der Waals surface area contributed by atoms with Gasteiger partial charge in [0.25, 0.3) is 0 Å². The van der Waals surface area contributed by atoms with Crippen LogP contribution in [0.1, 0.15) is 24.5 Å². The SMILES string of the molecule is CCc1ccnc2c1CCC=N2. The standard InChI is InChI=1S/C10H12N2/c1-2-8-5-7-12-10-9(8)4-3-6-11-10/h5-7H,2-4H2,1H3. The Bertz CT molecular complexity index is 316. The first-order valence-electron chi connectivity index (χ1n) is 4.41. The highest BCUT2D eigenvalue weighted by atomic mass is 14.9. The fraction of sp³-hybridized carbons (Fsp3) is 0.400. The van der Waals surface area contributed by atoms with E-state index in [1.54, 1.807) is 0 Å². The van der Waals surface area contributed by atoms with Gasteiger partial charge in [-0.25, -0.2) is 9.98 Å². The molecule has 0 atom stereocenters. The predicted octanol–water partition coefficient (Wildman–Crippen LogP) is 2.29. The zero-order valence-electron chi connectivity index (χ0n) is 7.25. The molecule has 2 heterocycles. The summed E-state index contributed by atoms with van der Waals surface area (Å²) in [5.41, 5.74) is 2.75. The third-order valence-electron chi connectivity index (χ3n) is 2.25. The molecule has 0 aliphatic carbocycles. The molecule has 2 rings (SSSR count). The van der Waals surface area contributed by atoms with Crippen LogP contribution in [0.3, 0.4) is 0 Å². The van der Waals surface area contributed by atoms with Crippen LogP contribution < -0.4 is 0 Å². The largest absolute Gasteiger partial charge is 0.241 e. The number of aliphatic imine (C=N–C) groups is 1. The Morgan fingerprint density at radius 3 is 3.25 bits per heavy atom. The molecule has 1 aliphatic heterocycles. The van der Waals surface area contributed by atoms with E-state index in [9.17, 15) is 0 Å². The molecule has 0 saturated heterocycles. The van der Waals surface area contributed by atoms with E-state index in [0.29, 0.717) is 0 Å². The minimum absolute atomic E-state index is 0.931. The van der Waals surface area contributed by atoms with E-state index in [1.807, 2.05) is 12.4 Å². The van der Waals surface area contributed by atoms with Gasteiger partial charge in [0.2, 0.25) is 0 Å². The summed E-state index contributed by atoms with van der Waals surface area (Å²) in [6.07, 6.45) is 7.05. The highest BCUT2D eigenvalue weighted by Gasteiger charge is 2.09. The first-order chi connectivity index (χ1) is 5.92. The highest BCUT2D eigenvalue weighted by Crippen LogP contribution is 2.24. The summed E-state index contributed by atoms with van der Waals surface area (Å²) in [5.74, 6) is 0.931. The van der Waals surface area contributed by atoms with Crippen LogP contribution in [0.15, 0.2) is 17.3 Å². The molecular formula is C10H12N2. The summed E-state index contributed by atoms with van der Waals surface area (Å²) in [6, 6.07) is 2.10. The van der Waals surface area contributed by atoms with Crippen LogP contribution in [0, 0.1) is 0 Å². The Morgan fingerprint density at radius 2 is 2.42 bits per heavy atom. The number of rotatable bonds is 1. The van der Waals surface area contributed by atoms with E-state index in [4.69, 9.17) is 0 Å². The van der Waals surface area contributed by atoms with E-state index in [0.717, 1.165) is 25.1 Å². The second-order valence-electron chi connectivity index (χ2n) is 2.98. The number of aromatic nitrogens is 1. The van der Waals surface area contributed by atoms with Gasteiger partial charge in [-0.15, -0.1) is 0 Å². The van der Waals surface area contributed by atoms with Crippen molar-refractivity contribution in [1.82, 2.24) is 4.98 Å². The number of aryl methyl sites for hydroxylation is 1. The van der Waals surface area contributed by atoms with E-state index in [2.05, 4.69) is 23.0 Å². The second kappa shape index (κ2) is 3.05. The lowest BCUT2D eigenvalue weighted by molar-refractivity contribution is 0.953. The molecule has 2 heteroatoms. The topological polar surface area (TPSA) is 25.2 Å². The number of hydrogen-bond acceptors (Lipinski definition) is 2. The Morgan fingerprint density at radius 1 is 1.50 bits per heavy atom. The molecule has 0 bridgehead atoms. The molecule has 0 amide bonds. The van der Waals surface area contributed by atoms with Gasteiger partial charge in [-0.2, -0.15) is 0 Å². The average Bonchev–Trinajstić information content (AvgIpc) is 2.17. The van der Waals surface area contributed by atoms with E-state index in [1.165, 1.54) is 11.1 Å². The molecule has 1 aliphatic rings. The van der Waals surface area contributed by atoms with Gasteiger partial charge in [-0.3, -0.25) is 0 Å². The van der Waals surface area contributed by atoms with Crippen molar-refractivity contribution in [1.29, 1.82) is 0 Å². The van der Waals surface area contributed by atoms with Crippen molar-refractivity contribution < 1.29 is 0 Å². The van der Waals surface area contributed by atoms with Gasteiger partial charge in [0.05, 0.1) is 0 Å². The molecule has 62 valence electrons. The highest BCUT2D eigenvalue weighted by molar-refractivity contribution is 5.67. The third-order valence-corrected chi connectivity index (χ3v) is 2.25. The molecule has 0 N–H and O–H groups in total. The van der Waals surface area contributed by atoms with Crippen molar-refractivity contribution in [3.63, 3.8) is 0 Å². The first kappa shape index (κ1) is 7.47. The van der Waals surface area contributed by atoms with Crippen LogP contribution in [-0.2, 0) is 12.8 Å². The van der Waals surface area contributed by atoms with Gasteiger partial charge in [-0.1, -0.05) is 6.92 Å². The fourth-order valence-corrected chi connectivity index (χ4v) is 1.59. The van der Waals surface area contributed by atoms with Gasteiger partial charge in [-0.05, 0) is 30.9 Å². The number of nitrogens with zero attached hydrogens (tertiary/aromatic N) is 2. The Kier molecular flexibility index (Phi) is 1.90. The second-order valence-corrected chi connectivity index (χ2v) is 2.98. The Hall–Kier alpha value is -1.18. The molecule has 1 aromatic rings. The molecule has 0 saturated carbocycles. The lowest BCUT2D eigenvalue weighted by atomic mass is 10.0. The molecule has 2 nitrogen and oxygen atoms in total. The summed E-state index contributed by atoms with van der Waals surface area (Å²) in [6.45, 7) is 2.17. The maximum atomic E-state index is 4.27. The normalized spacial score (nSPS) is 14.4. The molecule has 0 spiro atoms. The van der Waals surface area contributed by atoms with E-state index in [-0.39, 0.29) is 0 Å². The minimum Gasteiger partial charge on any atom is -0.241 e. The zero-order chi connectivity index (χ0) is 8.39. The number of pyridine rings is 1. The van der Waals surface area contributed by atoms with Crippen LogP contribution in [-0.4, -0.2) is 11.2 Å². The monoisotopic (exact) mass is 160 g/mol. The lowest BCUT2D eigenvalue weighted by Gasteiger charge is -2.11. The molecular weight excluding hydrogens is 148 g/mol. The van der Waals surface area contributed by atoms with Crippen molar-refractivity contribution >= 4 is 12.0 Å². The quantitative estimate of drug-likeness (QED) is 0.618. The van der Waals surface area contributed by atoms with Gasteiger partial charge < -0.3 is 0 Å². The number of fused-ring (bicyclic) bond motifs is 1. The van der Waals surface area contributed by atoms with Gasteiger partial charge in [0.1, 0.15) is 0 Å². The Labute approximate surface area is 72.4 Å². The molecule has 0 radical (unpaired) electrons. The predicted molar refractivity (Wildman–Crippen MR) is 50.1 cm³/mol. The summed E-state index contributed by atoms with van der Waals surface area (Å²) in [7, 11) is 0. The summed E-state index contributed by atoms with van der Waals surface area (Å²) in [5, 5.41) is 0. The zero-order valence-corrected chi connectivity index (χ0v) is 7.25. The minimum atomic E-state index is 0.931. The van der Waals surface area contributed by atoms with Gasteiger partial charge in [0, 0.05) is 18.0 Å². The van der Waals surface area contributed by atoms with Crippen LogP contribution in [0.5, 0.6) is 0 Å². The maximum absolute atomic E-state index is 4.27. The summed E-state index contributed by atoms with van der Waals surface area (Å²) < 4.78 is 0. The van der Waals surface area contributed by atoms with Crippen LogP contribution in [0.2, 0.25) is 0 Å². The fourth-order valence-electron chi connectivity index (χ4n) is 1.59. The smallest absolute Gasteiger partial charge is 0.154 e. The molecule has 1 aromatic heterocycles. The molecule has 0 aromatic carbocycles. The van der Waals surface area contributed by atoms with E-state index < -0.39 is 0 Å². The van der Waals surface area contributed by atoms with Gasteiger partial charge >= 0.3 is 0 Å². The summed E-state index contributed by atoms with van der Waals surface area (Å²) >= 11 is 0.